The maximum atomic E-state index is 13.2. The number of ether oxygens (including phenoxy) is 2. The van der Waals surface area contributed by atoms with Crippen molar-refractivity contribution in [2.45, 2.75) is 20.5 Å². The van der Waals surface area contributed by atoms with Crippen LogP contribution in [0.2, 0.25) is 0 Å². The van der Waals surface area contributed by atoms with Crippen LogP contribution >= 0.6 is 15.9 Å². The minimum absolute atomic E-state index is 0.177. The number of nitrogens with one attached hydrogen (secondary N) is 1. The Bertz CT molecular complexity index is 1350. The summed E-state index contributed by atoms with van der Waals surface area (Å²) in [5, 5.41) is 2.25. The van der Waals surface area contributed by atoms with Crippen molar-refractivity contribution in [3.05, 3.63) is 93.0 Å². The van der Waals surface area contributed by atoms with Crippen LogP contribution in [0.3, 0.4) is 0 Å². The van der Waals surface area contributed by atoms with Crippen molar-refractivity contribution >= 4 is 45.5 Å². The number of urea groups is 1. The van der Waals surface area contributed by atoms with E-state index in [2.05, 4.69) is 21.2 Å². The molecule has 8 heteroatoms. The van der Waals surface area contributed by atoms with Crippen LogP contribution in [-0.2, 0) is 16.2 Å². The minimum atomic E-state index is -0.789. The molecule has 4 amide bonds. The van der Waals surface area contributed by atoms with Gasteiger partial charge in [0.25, 0.3) is 11.8 Å². The highest BCUT2D eigenvalue weighted by molar-refractivity contribution is 9.10. The molecule has 35 heavy (non-hydrogen) atoms. The molecule has 3 aromatic rings. The van der Waals surface area contributed by atoms with Crippen LogP contribution in [0.25, 0.3) is 6.08 Å². The number of aryl methyl sites for hydroxylation is 2. The first kappa shape index (κ1) is 24.2. The third-order valence-corrected chi connectivity index (χ3v) is 6.24. The summed E-state index contributed by atoms with van der Waals surface area (Å²) in [5.41, 5.74) is 3.64. The van der Waals surface area contributed by atoms with Crippen molar-refractivity contribution in [2.24, 2.45) is 0 Å². The van der Waals surface area contributed by atoms with Crippen molar-refractivity contribution in [1.29, 1.82) is 0 Å². The lowest BCUT2D eigenvalue weighted by Gasteiger charge is -2.27. The molecule has 4 rings (SSSR count). The fourth-order valence-corrected chi connectivity index (χ4v) is 4.06. The number of halogens is 1. The molecule has 0 unspecified atom stereocenters. The van der Waals surface area contributed by atoms with Gasteiger partial charge in [-0.05, 0) is 54.8 Å². The van der Waals surface area contributed by atoms with E-state index in [0.717, 1.165) is 21.6 Å². The fraction of sp³-hybridized carbons (Fsp3) is 0.148. The van der Waals surface area contributed by atoms with Crippen molar-refractivity contribution in [1.82, 2.24) is 5.32 Å². The molecule has 0 bridgehead atoms. The molecule has 0 aromatic heterocycles. The number of rotatable bonds is 6. The highest BCUT2D eigenvalue weighted by atomic mass is 79.9. The van der Waals surface area contributed by atoms with Gasteiger partial charge in [-0.15, -0.1) is 0 Å². The van der Waals surface area contributed by atoms with Crippen LogP contribution in [0, 0.1) is 13.8 Å². The first-order valence-electron chi connectivity index (χ1n) is 10.8. The lowest BCUT2D eigenvalue weighted by atomic mass is 10.1. The van der Waals surface area contributed by atoms with Crippen LogP contribution < -0.4 is 19.7 Å². The summed E-state index contributed by atoms with van der Waals surface area (Å²) >= 11 is 3.49. The Morgan fingerprint density at radius 3 is 2.37 bits per heavy atom. The molecule has 1 aliphatic rings. The van der Waals surface area contributed by atoms with E-state index in [1.54, 1.807) is 43.3 Å². The number of anilines is 1. The lowest BCUT2D eigenvalue weighted by molar-refractivity contribution is -0.122. The molecule has 1 heterocycles. The van der Waals surface area contributed by atoms with E-state index in [-0.39, 0.29) is 5.57 Å². The van der Waals surface area contributed by atoms with E-state index in [4.69, 9.17) is 9.47 Å². The zero-order valence-electron chi connectivity index (χ0n) is 19.4. The van der Waals surface area contributed by atoms with Crippen LogP contribution in [0.4, 0.5) is 10.5 Å². The largest absolute Gasteiger partial charge is 0.493 e. The number of carbonyl (C=O) groups is 3. The highest BCUT2D eigenvalue weighted by Crippen LogP contribution is 2.36. The zero-order valence-corrected chi connectivity index (χ0v) is 21.0. The predicted molar refractivity (Wildman–Crippen MR) is 136 cm³/mol. The molecule has 0 radical (unpaired) electrons. The summed E-state index contributed by atoms with van der Waals surface area (Å²) in [6.07, 6.45) is 1.42. The molecule has 0 spiro atoms. The van der Waals surface area contributed by atoms with Gasteiger partial charge in [-0.3, -0.25) is 14.9 Å². The molecular formula is C27H23BrN2O5. The molecule has 1 N–H and O–H groups in total. The summed E-state index contributed by atoms with van der Waals surface area (Å²) in [6.45, 7) is 4.15. The average molecular weight is 535 g/mol. The van der Waals surface area contributed by atoms with Gasteiger partial charge >= 0.3 is 6.03 Å². The molecule has 0 saturated carbocycles. The predicted octanol–water partition coefficient (Wildman–Crippen LogP) is 5.32. The summed E-state index contributed by atoms with van der Waals surface area (Å²) in [6, 6.07) is 17.6. The molecule has 1 fully saturated rings. The van der Waals surface area contributed by atoms with E-state index in [9.17, 15) is 14.4 Å². The highest BCUT2D eigenvalue weighted by Gasteiger charge is 2.37. The average Bonchev–Trinajstić information content (AvgIpc) is 2.83. The number of amides is 4. The Labute approximate surface area is 211 Å². The number of methoxy groups -OCH3 is 1. The fourth-order valence-electron chi connectivity index (χ4n) is 3.63. The van der Waals surface area contributed by atoms with E-state index >= 15 is 0 Å². The number of para-hydroxylation sites is 1. The molecule has 178 valence electrons. The normalized spacial score (nSPS) is 14.8. The minimum Gasteiger partial charge on any atom is -0.493 e. The van der Waals surface area contributed by atoms with Gasteiger partial charge in [0.1, 0.15) is 12.2 Å². The van der Waals surface area contributed by atoms with Gasteiger partial charge in [0, 0.05) is 4.47 Å². The second-order valence-corrected chi connectivity index (χ2v) is 8.90. The summed E-state index contributed by atoms with van der Waals surface area (Å²) in [7, 11) is 1.51. The van der Waals surface area contributed by atoms with Gasteiger partial charge in [0.15, 0.2) is 11.5 Å². The zero-order chi connectivity index (χ0) is 25.1. The SMILES string of the molecule is COc1cc(/C=C2\C(=O)NC(=O)N(c3ccccc3C)C2=O)c(Br)cc1OCc1ccc(C)cc1. The van der Waals surface area contributed by atoms with Crippen molar-refractivity contribution in [2.75, 3.05) is 12.0 Å². The van der Waals surface area contributed by atoms with E-state index in [1.807, 2.05) is 31.2 Å². The van der Waals surface area contributed by atoms with Gasteiger partial charge in [0.05, 0.1) is 12.8 Å². The monoisotopic (exact) mass is 534 g/mol. The van der Waals surface area contributed by atoms with Crippen molar-refractivity contribution in [3.63, 3.8) is 0 Å². The number of benzene rings is 3. The molecule has 0 aliphatic carbocycles. The Kier molecular flexibility index (Phi) is 7.02. The Balaban J connectivity index is 1.65. The molecule has 7 nitrogen and oxygen atoms in total. The Morgan fingerprint density at radius 2 is 1.69 bits per heavy atom. The second-order valence-electron chi connectivity index (χ2n) is 8.04. The third kappa shape index (κ3) is 5.12. The van der Waals surface area contributed by atoms with Crippen LogP contribution in [0.1, 0.15) is 22.3 Å². The van der Waals surface area contributed by atoms with Crippen molar-refractivity contribution in [3.8, 4) is 11.5 Å². The second kappa shape index (κ2) is 10.1. The Hall–Kier alpha value is -3.91. The number of hydrogen-bond donors (Lipinski definition) is 1. The van der Waals surface area contributed by atoms with Gasteiger partial charge in [-0.25, -0.2) is 9.69 Å². The first-order chi connectivity index (χ1) is 16.8. The van der Waals surface area contributed by atoms with Crippen LogP contribution in [0.5, 0.6) is 11.5 Å². The smallest absolute Gasteiger partial charge is 0.335 e. The molecule has 1 aliphatic heterocycles. The van der Waals surface area contributed by atoms with Gasteiger partial charge < -0.3 is 9.47 Å². The molecule has 0 atom stereocenters. The van der Waals surface area contributed by atoms with Gasteiger partial charge in [-0.1, -0.05) is 64.0 Å². The van der Waals surface area contributed by atoms with E-state index in [0.29, 0.717) is 33.8 Å². The summed E-state index contributed by atoms with van der Waals surface area (Å²) in [4.78, 5) is 39.3. The standard InChI is InChI=1S/C27H23BrN2O5/c1-16-8-10-18(11-9-16)15-35-24-14-21(28)19(13-23(24)34-3)12-20-25(31)29-27(33)30(26(20)32)22-7-5-4-6-17(22)2/h4-14H,15H2,1-3H3,(H,29,31,33)/b20-12+. The maximum absolute atomic E-state index is 13.2. The number of barbiturate groups is 1. The van der Waals surface area contributed by atoms with Crippen LogP contribution in [0.15, 0.2) is 70.7 Å². The maximum Gasteiger partial charge on any atom is 0.335 e. The number of nitrogens with zero attached hydrogens (tertiary/aromatic N) is 1. The van der Waals surface area contributed by atoms with Gasteiger partial charge in [-0.2, -0.15) is 0 Å². The molecular weight excluding hydrogens is 512 g/mol. The van der Waals surface area contributed by atoms with E-state index in [1.165, 1.54) is 13.2 Å². The van der Waals surface area contributed by atoms with Gasteiger partial charge in [0.2, 0.25) is 0 Å². The quantitative estimate of drug-likeness (QED) is 0.341. The van der Waals surface area contributed by atoms with E-state index < -0.39 is 17.8 Å². The topological polar surface area (TPSA) is 84.9 Å². The number of imide groups is 2. The summed E-state index contributed by atoms with van der Waals surface area (Å²) in [5.74, 6) is -0.546. The third-order valence-electron chi connectivity index (χ3n) is 5.56. The van der Waals surface area contributed by atoms with Crippen LogP contribution in [-0.4, -0.2) is 25.0 Å². The summed E-state index contributed by atoms with van der Waals surface area (Å²) < 4.78 is 12.0. The lowest BCUT2D eigenvalue weighted by Crippen LogP contribution is -2.54. The molecule has 1 saturated heterocycles. The Morgan fingerprint density at radius 1 is 0.971 bits per heavy atom. The number of carbonyl (C=O) groups excluding carboxylic acids is 3. The number of hydrogen-bond acceptors (Lipinski definition) is 5. The van der Waals surface area contributed by atoms with Crippen molar-refractivity contribution < 1.29 is 23.9 Å². The molecule has 3 aromatic carbocycles. The first-order valence-corrected chi connectivity index (χ1v) is 11.6.